The van der Waals surface area contributed by atoms with Crippen molar-refractivity contribution in [1.82, 2.24) is 0 Å². The SMILES string of the molecule is CCOC(=O)C(=CCCCSc1ccccc1)CP(=O)(CC(C)C)OCC. The zero-order valence-electron chi connectivity index (χ0n) is 17.0. The Morgan fingerprint density at radius 2 is 1.89 bits per heavy atom. The first-order valence-corrected chi connectivity index (χ1v) is 12.6. The number of unbranched alkanes of at least 4 members (excludes halogenated alkanes) is 1. The molecular weight excluding hydrogens is 379 g/mol. The van der Waals surface area contributed by atoms with E-state index in [0.717, 1.165) is 18.6 Å². The van der Waals surface area contributed by atoms with Gasteiger partial charge in [0.2, 0.25) is 7.37 Å². The van der Waals surface area contributed by atoms with Crippen LogP contribution in [0.1, 0.15) is 40.5 Å². The van der Waals surface area contributed by atoms with Crippen LogP contribution in [0, 0.1) is 5.92 Å². The molecule has 0 spiro atoms. The average Bonchev–Trinajstić information content (AvgIpc) is 2.61. The molecule has 0 aliphatic carbocycles. The van der Waals surface area contributed by atoms with E-state index in [1.54, 1.807) is 18.7 Å². The molecular formula is C21H33O4PS. The van der Waals surface area contributed by atoms with Crippen molar-refractivity contribution in [3.63, 3.8) is 0 Å². The van der Waals surface area contributed by atoms with E-state index < -0.39 is 7.37 Å². The summed E-state index contributed by atoms with van der Waals surface area (Å²) >= 11 is 1.80. The summed E-state index contributed by atoms with van der Waals surface area (Å²) in [5.41, 5.74) is 0.485. The van der Waals surface area contributed by atoms with Crippen molar-refractivity contribution in [1.29, 1.82) is 0 Å². The minimum absolute atomic E-state index is 0.156. The average molecular weight is 413 g/mol. The number of allylic oxidation sites excluding steroid dienone is 1. The highest BCUT2D eigenvalue weighted by atomic mass is 32.2. The molecule has 6 heteroatoms. The number of esters is 1. The Balaban J connectivity index is 2.69. The summed E-state index contributed by atoms with van der Waals surface area (Å²) in [7, 11) is -2.89. The summed E-state index contributed by atoms with van der Waals surface area (Å²) in [6.07, 6.45) is 4.20. The Morgan fingerprint density at radius 3 is 2.48 bits per heavy atom. The zero-order valence-corrected chi connectivity index (χ0v) is 18.7. The van der Waals surface area contributed by atoms with Gasteiger partial charge in [0.05, 0.1) is 19.4 Å². The molecule has 1 rings (SSSR count). The van der Waals surface area contributed by atoms with E-state index in [-0.39, 0.29) is 18.0 Å². The number of thioether (sulfide) groups is 1. The summed E-state index contributed by atoms with van der Waals surface area (Å²) in [5.74, 6) is 0.830. The standard InChI is InChI=1S/C21H33O4PS/c1-5-24-21(22)19(17-26(23,25-6-2)16-18(3)4)12-10-11-15-27-20-13-8-7-9-14-20/h7-9,12-14,18H,5-6,10-11,15-17H2,1-4H3. The van der Waals surface area contributed by atoms with Crippen molar-refractivity contribution in [2.75, 3.05) is 31.3 Å². The molecule has 0 bridgehead atoms. The molecule has 1 atom stereocenters. The second-order valence-electron chi connectivity index (χ2n) is 6.72. The van der Waals surface area contributed by atoms with Crippen molar-refractivity contribution in [3.8, 4) is 0 Å². The van der Waals surface area contributed by atoms with Gasteiger partial charge in [-0.2, -0.15) is 0 Å². The molecule has 0 N–H and O–H groups in total. The van der Waals surface area contributed by atoms with Crippen molar-refractivity contribution < 1.29 is 18.6 Å². The molecule has 0 saturated carbocycles. The minimum atomic E-state index is -2.89. The van der Waals surface area contributed by atoms with Gasteiger partial charge in [-0.15, -0.1) is 11.8 Å². The van der Waals surface area contributed by atoms with Crippen LogP contribution in [-0.2, 0) is 18.6 Å². The molecule has 0 aromatic heterocycles. The molecule has 1 aromatic rings. The molecule has 0 radical (unpaired) electrons. The maximum absolute atomic E-state index is 13.1. The van der Waals surface area contributed by atoms with Crippen molar-refractivity contribution in [2.24, 2.45) is 5.92 Å². The molecule has 152 valence electrons. The third kappa shape index (κ3) is 10.2. The molecule has 0 fully saturated rings. The lowest BCUT2D eigenvalue weighted by molar-refractivity contribution is -0.138. The fourth-order valence-electron chi connectivity index (χ4n) is 2.72. The maximum atomic E-state index is 13.1. The van der Waals surface area contributed by atoms with Crippen LogP contribution in [0.4, 0.5) is 0 Å². The van der Waals surface area contributed by atoms with Crippen molar-refractivity contribution in [2.45, 2.75) is 45.4 Å². The summed E-state index contributed by atoms with van der Waals surface area (Å²) in [4.78, 5) is 13.6. The third-order valence-electron chi connectivity index (χ3n) is 3.71. The summed E-state index contributed by atoms with van der Waals surface area (Å²) in [6.45, 7) is 8.33. The topological polar surface area (TPSA) is 52.6 Å². The molecule has 0 amide bonds. The van der Waals surface area contributed by atoms with Crippen molar-refractivity contribution >= 4 is 25.1 Å². The number of benzene rings is 1. The first-order chi connectivity index (χ1) is 12.9. The second-order valence-corrected chi connectivity index (χ2v) is 10.5. The number of ether oxygens (including phenoxy) is 1. The Kier molecular flexibility index (Phi) is 11.7. The van der Waals surface area contributed by atoms with E-state index in [0.29, 0.717) is 24.9 Å². The van der Waals surface area contributed by atoms with E-state index in [9.17, 15) is 9.36 Å². The highest BCUT2D eigenvalue weighted by Crippen LogP contribution is 2.50. The number of carbonyl (C=O) groups is 1. The van der Waals surface area contributed by atoms with Crippen LogP contribution in [-0.4, -0.2) is 37.3 Å². The highest BCUT2D eigenvalue weighted by molar-refractivity contribution is 7.99. The van der Waals surface area contributed by atoms with Gasteiger partial charge in [-0.25, -0.2) is 4.79 Å². The molecule has 1 aromatic carbocycles. The molecule has 1 unspecified atom stereocenters. The Bertz CT molecular complexity index is 628. The molecule has 0 aliphatic heterocycles. The summed E-state index contributed by atoms with van der Waals surface area (Å²) in [5, 5.41) is 0. The lowest BCUT2D eigenvalue weighted by Gasteiger charge is -2.20. The van der Waals surface area contributed by atoms with Crippen LogP contribution < -0.4 is 0 Å². The first-order valence-electron chi connectivity index (χ1n) is 9.66. The van der Waals surface area contributed by atoms with Crippen LogP contribution in [0.5, 0.6) is 0 Å². The monoisotopic (exact) mass is 412 g/mol. The third-order valence-corrected chi connectivity index (χ3v) is 7.64. The molecule has 0 heterocycles. The molecule has 4 nitrogen and oxygen atoms in total. The fourth-order valence-corrected chi connectivity index (χ4v) is 6.30. The van der Waals surface area contributed by atoms with Gasteiger partial charge in [0, 0.05) is 16.6 Å². The molecule has 0 saturated heterocycles. The summed E-state index contributed by atoms with van der Waals surface area (Å²) < 4.78 is 23.9. The van der Waals surface area contributed by atoms with Gasteiger partial charge >= 0.3 is 5.97 Å². The van der Waals surface area contributed by atoms with E-state index in [2.05, 4.69) is 12.1 Å². The van der Waals surface area contributed by atoms with E-state index >= 15 is 0 Å². The van der Waals surface area contributed by atoms with E-state index in [4.69, 9.17) is 9.26 Å². The zero-order chi connectivity index (χ0) is 20.1. The molecule has 27 heavy (non-hydrogen) atoms. The largest absolute Gasteiger partial charge is 0.463 e. The van der Waals surface area contributed by atoms with Gasteiger partial charge in [-0.05, 0) is 50.5 Å². The maximum Gasteiger partial charge on any atom is 0.334 e. The van der Waals surface area contributed by atoms with Crippen LogP contribution in [0.3, 0.4) is 0 Å². The van der Waals surface area contributed by atoms with Gasteiger partial charge < -0.3 is 9.26 Å². The number of carbonyl (C=O) groups excluding carboxylic acids is 1. The fraction of sp³-hybridized carbons (Fsp3) is 0.571. The van der Waals surface area contributed by atoms with Gasteiger partial charge in [0.15, 0.2) is 0 Å². The smallest absolute Gasteiger partial charge is 0.334 e. The molecule has 0 aliphatic rings. The van der Waals surface area contributed by atoms with Gasteiger partial charge in [0.25, 0.3) is 0 Å². The highest BCUT2D eigenvalue weighted by Gasteiger charge is 2.28. The Morgan fingerprint density at radius 1 is 1.19 bits per heavy atom. The van der Waals surface area contributed by atoms with E-state index in [1.807, 2.05) is 45.0 Å². The summed E-state index contributed by atoms with van der Waals surface area (Å²) in [6, 6.07) is 10.2. The van der Waals surface area contributed by atoms with Gasteiger partial charge in [-0.1, -0.05) is 38.1 Å². The first kappa shape index (κ1) is 24.0. The normalized spacial score (nSPS) is 14.2. The second kappa shape index (κ2) is 13.2. The minimum Gasteiger partial charge on any atom is -0.463 e. The van der Waals surface area contributed by atoms with Crippen LogP contribution in [0.25, 0.3) is 0 Å². The Hall–Kier alpha value is -1.03. The number of rotatable bonds is 13. The Labute approximate surface area is 168 Å². The van der Waals surface area contributed by atoms with Gasteiger partial charge in [-0.3, -0.25) is 4.57 Å². The lowest BCUT2D eigenvalue weighted by Crippen LogP contribution is -2.14. The van der Waals surface area contributed by atoms with Crippen LogP contribution in [0.15, 0.2) is 46.9 Å². The van der Waals surface area contributed by atoms with Crippen LogP contribution in [0.2, 0.25) is 0 Å². The van der Waals surface area contributed by atoms with Gasteiger partial charge in [0.1, 0.15) is 0 Å². The van der Waals surface area contributed by atoms with E-state index in [1.165, 1.54) is 4.90 Å². The van der Waals surface area contributed by atoms with Crippen molar-refractivity contribution in [3.05, 3.63) is 42.0 Å². The number of hydrogen-bond donors (Lipinski definition) is 0. The predicted octanol–water partition coefficient (Wildman–Crippen LogP) is 6.02. The lowest BCUT2D eigenvalue weighted by atomic mass is 10.2. The van der Waals surface area contributed by atoms with Crippen LogP contribution >= 0.6 is 19.1 Å². The predicted molar refractivity (Wildman–Crippen MR) is 115 cm³/mol. The quantitative estimate of drug-likeness (QED) is 0.130. The number of hydrogen-bond acceptors (Lipinski definition) is 5.